The van der Waals surface area contributed by atoms with Crippen LogP contribution >= 0.6 is 11.3 Å². The van der Waals surface area contributed by atoms with Gasteiger partial charge in [-0.1, -0.05) is 6.07 Å². The van der Waals surface area contributed by atoms with Gasteiger partial charge in [0.05, 0.1) is 21.8 Å². The number of aryl methyl sites for hydroxylation is 2. The maximum Gasteiger partial charge on any atom is 0.258 e. The molecule has 24 heavy (non-hydrogen) atoms. The first kappa shape index (κ1) is 15.3. The van der Waals surface area contributed by atoms with Crippen LogP contribution < -0.4 is 5.56 Å². The molecule has 0 radical (unpaired) electrons. The second-order valence-corrected chi connectivity index (χ2v) is 7.04. The van der Waals surface area contributed by atoms with Gasteiger partial charge in [0.2, 0.25) is 5.89 Å². The summed E-state index contributed by atoms with van der Waals surface area (Å²) in [6.07, 6.45) is 0. The first-order valence-corrected chi connectivity index (χ1v) is 8.69. The van der Waals surface area contributed by atoms with Crippen LogP contribution in [-0.2, 0) is 26.7 Å². The molecule has 0 fully saturated rings. The summed E-state index contributed by atoms with van der Waals surface area (Å²) >= 11 is 1.61. The second kappa shape index (κ2) is 5.68. The Balaban J connectivity index is 1.58. The number of nitrogens with zero attached hydrogens (tertiary/aromatic N) is 4. The van der Waals surface area contributed by atoms with E-state index in [2.05, 4.69) is 14.9 Å². The topological polar surface area (TPSA) is 64.2 Å². The molecule has 0 aliphatic carbocycles. The van der Waals surface area contributed by atoms with Gasteiger partial charge in [-0.2, -0.15) is 0 Å². The predicted octanol–water partition coefficient (Wildman–Crippen LogP) is 2.63. The van der Waals surface area contributed by atoms with Gasteiger partial charge in [-0.05, 0) is 25.3 Å². The fourth-order valence-corrected chi connectivity index (χ4v) is 3.64. The highest BCUT2D eigenvalue weighted by molar-refractivity contribution is 7.13. The Bertz CT molecular complexity index is 956. The highest BCUT2D eigenvalue weighted by atomic mass is 32.1. The van der Waals surface area contributed by atoms with Crippen LogP contribution in [0.25, 0.3) is 10.8 Å². The average Bonchev–Trinajstić information content (AvgIpc) is 3.26. The summed E-state index contributed by atoms with van der Waals surface area (Å²) in [5.74, 6) is 2.24. The lowest BCUT2D eigenvalue weighted by molar-refractivity contribution is 0.269. The number of hydrogen-bond acceptors (Lipinski definition) is 6. The summed E-state index contributed by atoms with van der Waals surface area (Å²) in [6, 6.07) is 3.99. The fourth-order valence-electron chi connectivity index (χ4n) is 3.00. The van der Waals surface area contributed by atoms with Gasteiger partial charge in [0, 0.05) is 26.7 Å². The molecule has 4 heterocycles. The van der Waals surface area contributed by atoms with Crippen LogP contribution in [0.2, 0.25) is 0 Å². The molecule has 0 saturated heterocycles. The largest absolute Gasteiger partial charge is 0.440 e. The number of aromatic nitrogens is 3. The zero-order chi connectivity index (χ0) is 16.8. The molecule has 0 unspecified atom stereocenters. The molecule has 0 spiro atoms. The van der Waals surface area contributed by atoms with Gasteiger partial charge < -0.3 is 4.42 Å². The van der Waals surface area contributed by atoms with Gasteiger partial charge in [-0.25, -0.2) is 9.97 Å². The third-order valence-electron chi connectivity index (χ3n) is 4.45. The van der Waals surface area contributed by atoms with Crippen molar-refractivity contribution in [3.63, 3.8) is 0 Å². The van der Waals surface area contributed by atoms with Gasteiger partial charge in [-0.3, -0.25) is 14.3 Å². The van der Waals surface area contributed by atoms with Crippen molar-refractivity contribution < 1.29 is 4.42 Å². The minimum Gasteiger partial charge on any atom is -0.440 e. The lowest BCUT2D eigenvalue weighted by Gasteiger charge is -2.12. The SMILES string of the molecule is Cc1oc(-c2cccs2)nc1CN1Cc2nc(C)n(C)c(=O)c2C1. The Morgan fingerprint density at radius 3 is 2.88 bits per heavy atom. The van der Waals surface area contributed by atoms with Crippen molar-refractivity contribution in [2.45, 2.75) is 33.5 Å². The highest BCUT2D eigenvalue weighted by Gasteiger charge is 2.26. The molecule has 1 aliphatic rings. The molecule has 0 aromatic carbocycles. The zero-order valence-corrected chi connectivity index (χ0v) is 14.7. The van der Waals surface area contributed by atoms with Gasteiger partial charge in [0.1, 0.15) is 11.6 Å². The molecule has 0 N–H and O–H groups in total. The van der Waals surface area contributed by atoms with Gasteiger partial charge in [0.15, 0.2) is 0 Å². The Kier molecular flexibility index (Phi) is 3.62. The molecule has 7 heteroatoms. The van der Waals surface area contributed by atoms with E-state index >= 15 is 0 Å². The van der Waals surface area contributed by atoms with Crippen molar-refractivity contribution in [2.75, 3.05) is 0 Å². The molecular formula is C17H18N4O2S. The molecule has 6 nitrogen and oxygen atoms in total. The molecule has 0 saturated carbocycles. The van der Waals surface area contributed by atoms with Gasteiger partial charge >= 0.3 is 0 Å². The van der Waals surface area contributed by atoms with E-state index in [1.165, 1.54) is 0 Å². The van der Waals surface area contributed by atoms with E-state index in [1.54, 1.807) is 23.0 Å². The Labute approximate surface area is 143 Å². The van der Waals surface area contributed by atoms with E-state index in [1.807, 2.05) is 31.4 Å². The van der Waals surface area contributed by atoms with Crippen LogP contribution in [0.3, 0.4) is 0 Å². The summed E-state index contributed by atoms with van der Waals surface area (Å²) in [4.78, 5) is 24.8. The fraction of sp³-hybridized carbons (Fsp3) is 0.353. The highest BCUT2D eigenvalue weighted by Crippen LogP contribution is 2.28. The summed E-state index contributed by atoms with van der Waals surface area (Å²) in [5.41, 5.74) is 2.65. The molecular weight excluding hydrogens is 324 g/mol. The number of thiophene rings is 1. The van der Waals surface area contributed by atoms with Crippen LogP contribution in [0.4, 0.5) is 0 Å². The minimum atomic E-state index is 0.0520. The van der Waals surface area contributed by atoms with Crippen LogP contribution in [-0.4, -0.2) is 19.4 Å². The summed E-state index contributed by atoms with van der Waals surface area (Å²) < 4.78 is 7.41. The summed E-state index contributed by atoms with van der Waals surface area (Å²) in [7, 11) is 1.77. The van der Waals surface area contributed by atoms with Crippen molar-refractivity contribution in [1.82, 2.24) is 19.4 Å². The van der Waals surface area contributed by atoms with Gasteiger partial charge in [-0.15, -0.1) is 11.3 Å². The van der Waals surface area contributed by atoms with Gasteiger partial charge in [0.25, 0.3) is 5.56 Å². The van der Waals surface area contributed by atoms with Crippen LogP contribution in [0.1, 0.15) is 28.5 Å². The van der Waals surface area contributed by atoms with Crippen molar-refractivity contribution in [1.29, 1.82) is 0 Å². The molecule has 124 valence electrons. The third-order valence-corrected chi connectivity index (χ3v) is 5.30. The smallest absolute Gasteiger partial charge is 0.258 e. The molecule has 0 atom stereocenters. The average molecular weight is 342 g/mol. The molecule has 4 rings (SSSR count). The number of oxazole rings is 1. The molecule has 3 aromatic heterocycles. The Morgan fingerprint density at radius 1 is 1.29 bits per heavy atom. The van der Waals surface area contributed by atoms with E-state index in [0.717, 1.165) is 33.4 Å². The zero-order valence-electron chi connectivity index (χ0n) is 13.9. The van der Waals surface area contributed by atoms with E-state index in [-0.39, 0.29) is 5.56 Å². The lowest BCUT2D eigenvalue weighted by atomic mass is 10.2. The minimum absolute atomic E-state index is 0.0520. The maximum atomic E-state index is 12.4. The molecule has 1 aliphatic heterocycles. The number of hydrogen-bond donors (Lipinski definition) is 0. The maximum absolute atomic E-state index is 12.4. The van der Waals surface area contributed by atoms with E-state index < -0.39 is 0 Å². The van der Waals surface area contributed by atoms with Crippen molar-refractivity contribution in [3.8, 4) is 10.8 Å². The molecule has 0 bridgehead atoms. The second-order valence-electron chi connectivity index (χ2n) is 6.09. The first-order valence-electron chi connectivity index (χ1n) is 7.81. The van der Waals surface area contributed by atoms with Crippen molar-refractivity contribution in [2.24, 2.45) is 7.05 Å². The van der Waals surface area contributed by atoms with Crippen LogP contribution in [0, 0.1) is 13.8 Å². The summed E-state index contributed by atoms with van der Waals surface area (Å²) in [6.45, 7) is 5.73. The monoisotopic (exact) mass is 342 g/mol. The molecule has 0 amide bonds. The molecule has 3 aromatic rings. The van der Waals surface area contributed by atoms with Crippen LogP contribution in [0.15, 0.2) is 26.7 Å². The van der Waals surface area contributed by atoms with E-state index in [0.29, 0.717) is 25.5 Å². The van der Waals surface area contributed by atoms with E-state index in [4.69, 9.17) is 4.42 Å². The van der Waals surface area contributed by atoms with Crippen molar-refractivity contribution in [3.05, 3.63) is 56.4 Å². The van der Waals surface area contributed by atoms with Crippen LogP contribution in [0.5, 0.6) is 0 Å². The quantitative estimate of drug-likeness (QED) is 0.732. The predicted molar refractivity (Wildman–Crippen MR) is 91.7 cm³/mol. The Morgan fingerprint density at radius 2 is 2.12 bits per heavy atom. The van der Waals surface area contributed by atoms with E-state index in [9.17, 15) is 4.79 Å². The van der Waals surface area contributed by atoms with Crippen molar-refractivity contribution >= 4 is 11.3 Å². The summed E-state index contributed by atoms with van der Waals surface area (Å²) in [5, 5.41) is 2.01. The third kappa shape index (κ3) is 2.50. The Hall–Kier alpha value is -2.25. The normalized spacial score (nSPS) is 14.3. The lowest BCUT2D eigenvalue weighted by Crippen LogP contribution is -2.25. The standard InChI is InChI=1S/C17H18N4O2S/c1-10-13(19-16(23-10)15-5-4-6-24-15)8-21-7-12-14(9-21)18-11(2)20(3)17(12)22/h4-6H,7-9H2,1-3H3. The number of fused-ring (bicyclic) bond motifs is 1. The number of rotatable bonds is 3. The first-order chi connectivity index (χ1) is 11.5.